The summed E-state index contributed by atoms with van der Waals surface area (Å²) < 4.78 is 5.40. The van der Waals surface area contributed by atoms with Gasteiger partial charge in [-0.1, -0.05) is 34.6 Å². The average molecular weight is 243 g/mol. The van der Waals surface area contributed by atoms with Gasteiger partial charge in [0.05, 0.1) is 6.61 Å². The van der Waals surface area contributed by atoms with E-state index in [-0.39, 0.29) is 22.8 Å². The van der Waals surface area contributed by atoms with E-state index in [1.165, 1.54) is 0 Å². The fourth-order valence-electron chi connectivity index (χ4n) is 2.05. The normalized spacial score (nSPS) is 17.4. The van der Waals surface area contributed by atoms with Gasteiger partial charge in [0.15, 0.2) is 0 Å². The Labute approximate surface area is 106 Å². The van der Waals surface area contributed by atoms with E-state index >= 15 is 0 Å². The Bertz CT molecular complexity index is 245. The molecule has 0 aliphatic rings. The van der Waals surface area contributed by atoms with Gasteiger partial charge in [-0.3, -0.25) is 4.79 Å². The number of ether oxygens (including phenoxy) is 1. The van der Waals surface area contributed by atoms with Crippen molar-refractivity contribution in [3.05, 3.63) is 0 Å². The summed E-state index contributed by atoms with van der Waals surface area (Å²) in [6.45, 7) is 13.3. The lowest BCUT2D eigenvalue weighted by Gasteiger charge is -2.34. The maximum absolute atomic E-state index is 11.6. The van der Waals surface area contributed by atoms with E-state index in [1.807, 2.05) is 6.92 Å². The highest BCUT2D eigenvalue weighted by molar-refractivity contribution is 5.75. The largest absolute Gasteiger partial charge is 0.464 e. The molecule has 0 bridgehead atoms. The van der Waals surface area contributed by atoms with E-state index in [0.29, 0.717) is 6.61 Å². The Morgan fingerprint density at radius 2 is 1.82 bits per heavy atom. The van der Waals surface area contributed by atoms with E-state index in [1.54, 1.807) is 7.05 Å². The lowest BCUT2D eigenvalue weighted by atomic mass is 9.74. The van der Waals surface area contributed by atoms with Crippen LogP contribution in [0.2, 0.25) is 0 Å². The van der Waals surface area contributed by atoms with Crippen LogP contribution in [0.25, 0.3) is 0 Å². The second-order valence-corrected chi connectivity index (χ2v) is 6.52. The summed E-state index contributed by atoms with van der Waals surface area (Å²) in [6, 6.07) is -0.231. The Hall–Kier alpha value is -0.570. The van der Waals surface area contributed by atoms with Crippen LogP contribution < -0.4 is 5.32 Å². The van der Waals surface area contributed by atoms with Crippen molar-refractivity contribution in [2.75, 3.05) is 13.7 Å². The zero-order valence-electron chi connectivity index (χ0n) is 12.5. The first kappa shape index (κ1) is 16.4. The molecule has 0 aliphatic heterocycles. The molecule has 0 rings (SSSR count). The van der Waals surface area contributed by atoms with Gasteiger partial charge in [-0.05, 0) is 32.2 Å². The van der Waals surface area contributed by atoms with Gasteiger partial charge in [0.25, 0.3) is 0 Å². The summed E-state index contributed by atoms with van der Waals surface area (Å²) in [4.78, 5) is 11.6. The van der Waals surface area contributed by atoms with Crippen molar-refractivity contribution in [1.82, 2.24) is 5.32 Å². The maximum Gasteiger partial charge on any atom is 0.322 e. The molecule has 0 aromatic heterocycles. The van der Waals surface area contributed by atoms with Crippen molar-refractivity contribution in [2.45, 2.75) is 60.4 Å². The second kappa shape index (κ2) is 6.39. The van der Waals surface area contributed by atoms with Gasteiger partial charge in [0.1, 0.15) is 6.04 Å². The van der Waals surface area contributed by atoms with E-state index in [2.05, 4.69) is 39.9 Å². The van der Waals surface area contributed by atoms with E-state index in [9.17, 15) is 4.79 Å². The minimum absolute atomic E-state index is 0.0708. The van der Waals surface area contributed by atoms with Crippen LogP contribution in [-0.2, 0) is 9.53 Å². The molecule has 0 amide bonds. The quantitative estimate of drug-likeness (QED) is 0.729. The van der Waals surface area contributed by atoms with Crippen molar-refractivity contribution in [1.29, 1.82) is 0 Å². The van der Waals surface area contributed by atoms with Gasteiger partial charge in [0, 0.05) is 5.41 Å². The topological polar surface area (TPSA) is 38.3 Å². The summed E-state index contributed by atoms with van der Waals surface area (Å²) in [5.74, 6) is -0.166. The SMILES string of the molecule is CCC(C)(COC(=O)C(C)NC)CC(C)(C)C. The first-order chi connectivity index (χ1) is 7.63. The summed E-state index contributed by atoms with van der Waals surface area (Å²) in [5.41, 5.74) is 0.327. The molecule has 0 fully saturated rings. The monoisotopic (exact) mass is 243 g/mol. The molecule has 2 unspecified atom stereocenters. The van der Waals surface area contributed by atoms with Crippen LogP contribution in [0.15, 0.2) is 0 Å². The molecule has 17 heavy (non-hydrogen) atoms. The zero-order valence-corrected chi connectivity index (χ0v) is 12.5. The van der Waals surface area contributed by atoms with Gasteiger partial charge in [-0.15, -0.1) is 0 Å². The molecule has 0 saturated heterocycles. The van der Waals surface area contributed by atoms with Gasteiger partial charge in [0.2, 0.25) is 0 Å². The summed E-state index contributed by atoms with van der Waals surface area (Å²) in [7, 11) is 1.76. The first-order valence-electron chi connectivity index (χ1n) is 6.47. The molecular weight excluding hydrogens is 214 g/mol. The first-order valence-corrected chi connectivity index (χ1v) is 6.47. The third-order valence-corrected chi connectivity index (χ3v) is 3.16. The van der Waals surface area contributed by atoms with Crippen LogP contribution in [-0.4, -0.2) is 25.7 Å². The highest BCUT2D eigenvalue weighted by Crippen LogP contribution is 2.36. The van der Waals surface area contributed by atoms with Crippen LogP contribution in [0.4, 0.5) is 0 Å². The number of rotatable bonds is 6. The predicted octanol–water partition coefficient (Wildman–Crippen LogP) is 2.99. The number of hydrogen-bond donors (Lipinski definition) is 1. The molecular formula is C14H29NO2. The van der Waals surface area contributed by atoms with E-state index in [0.717, 1.165) is 12.8 Å². The van der Waals surface area contributed by atoms with Crippen molar-refractivity contribution < 1.29 is 9.53 Å². The van der Waals surface area contributed by atoms with Crippen LogP contribution in [0.5, 0.6) is 0 Å². The predicted molar refractivity (Wildman–Crippen MR) is 72.0 cm³/mol. The van der Waals surface area contributed by atoms with Crippen LogP contribution >= 0.6 is 0 Å². The summed E-state index contributed by atoms with van der Waals surface area (Å²) in [6.07, 6.45) is 2.07. The fourth-order valence-corrected chi connectivity index (χ4v) is 2.05. The molecule has 1 N–H and O–H groups in total. The third kappa shape index (κ3) is 6.67. The summed E-state index contributed by atoms with van der Waals surface area (Å²) in [5, 5.41) is 2.89. The maximum atomic E-state index is 11.6. The van der Waals surface area contributed by atoms with E-state index < -0.39 is 0 Å². The molecule has 0 aromatic carbocycles. The van der Waals surface area contributed by atoms with E-state index in [4.69, 9.17) is 4.74 Å². The Morgan fingerprint density at radius 3 is 2.18 bits per heavy atom. The standard InChI is InChI=1S/C14H29NO2/c1-8-14(6,9-13(3,4)5)10-17-12(16)11(2)15-7/h11,15H,8-10H2,1-7H3. The zero-order chi connectivity index (χ0) is 13.7. The van der Waals surface area contributed by atoms with Crippen LogP contribution in [0, 0.1) is 10.8 Å². The smallest absolute Gasteiger partial charge is 0.322 e. The Morgan fingerprint density at radius 1 is 1.29 bits per heavy atom. The lowest BCUT2D eigenvalue weighted by molar-refractivity contribution is -0.149. The molecule has 0 radical (unpaired) electrons. The molecule has 102 valence electrons. The number of likely N-dealkylation sites (N-methyl/N-ethyl adjacent to an activating group) is 1. The molecule has 3 nitrogen and oxygen atoms in total. The Kier molecular flexibility index (Phi) is 6.17. The van der Waals surface area contributed by atoms with Gasteiger partial charge in [-0.2, -0.15) is 0 Å². The number of hydrogen-bond acceptors (Lipinski definition) is 3. The highest BCUT2D eigenvalue weighted by atomic mass is 16.5. The van der Waals surface area contributed by atoms with Gasteiger partial charge >= 0.3 is 5.97 Å². The van der Waals surface area contributed by atoms with Crippen molar-refractivity contribution in [3.8, 4) is 0 Å². The molecule has 2 atom stereocenters. The van der Waals surface area contributed by atoms with Crippen molar-refractivity contribution >= 4 is 5.97 Å². The molecule has 3 heteroatoms. The minimum atomic E-state index is -0.231. The summed E-state index contributed by atoms with van der Waals surface area (Å²) >= 11 is 0. The minimum Gasteiger partial charge on any atom is -0.464 e. The number of nitrogens with one attached hydrogen (secondary N) is 1. The molecule has 0 heterocycles. The highest BCUT2D eigenvalue weighted by Gasteiger charge is 2.30. The average Bonchev–Trinajstić information content (AvgIpc) is 2.22. The molecule has 0 aromatic rings. The van der Waals surface area contributed by atoms with Crippen molar-refractivity contribution in [2.24, 2.45) is 10.8 Å². The fraction of sp³-hybridized carbons (Fsp3) is 0.929. The van der Waals surface area contributed by atoms with Gasteiger partial charge in [-0.25, -0.2) is 0 Å². The molecule has 0 spiro atoms. The van der Waals surface area contributed by atoms with Gasteiger partial charge < -0.3 is 10.1 Å². The third-order valence-electron chi connectivity index (χ3n) is 3.16. The van der Waals surface area contributed by atoms with Crippen molar-refractivity contribution in [3.63, 3.8) is 0 Å². The van der Waals surface area contributed by atoms with Crippen LogP contribution in [0.1, 0.15) is 54.4 Å². The molecule has 0 aliphatic carbocycles. The number of carbonyl (C=O) groups excluding carboxylic acids is 1. The molecule has 0 saturated carbocycles. The second-order valence-electron chi connectivity index (χ2n) is 6.52. The number of esters is 1. The van der Waals surface area contributed by atoms with Crippen LogP contribution in [0.3, 0.4) is 0 Å². The number of carbonyl (C=O) groups is 1. The lowest BCUT2D eigenvalue weighted by Crippen LogP contribution is -2.36. The Balaban J connectivity index is 4.35.